The van der Waals surface area contributed by atoms with Gasteiger partial charge < -0.3 is 10.8 Å². The van der Waals surface area contributed by atoms with Gasteiger partial charge in [-0.05, 0) is 52.1 Å². The predicted molar refractivity (Wildman–Crippen MR) is 109 cm³/mol. The number of rotatable bonds is 3. The average Bonchev–Trinajstić information content (AvgIpc) is 3.17. The average molecular weight is 385 g/mol. The summed E-state index contributed by atoms with van der Waals surface area (Å²) in [6.45, 7) is 0.453. The van der Waals surface area contributed by atoms with Crippen LogP contribution in [0.3, 0.4) is 0 Å². The molecule has 0 spiro atoms. The van der Waals surface area contributed by atoms with Crippen LogP contribution in [-0.2, 0) is 13.2 Å². The minimum absolute atomic E-state index is 0.177. The van der Waals surface area contributed by atoms with Gasteiger partial charge in [0.1, 0.15) is 5.82 Å². The SMILES string of the molecule is Nc1nc(C2[N]Cc3ccccc32)c2cc(-c3cc(F)ccc3CO)ccc2n1. The van der Waals surface area contributed by atoms with Gasteiger partial charge in [-0.1, -0.05) is 36.4 Å². The van der Waals surface area contributed by atoms with E-state index in [9.17, 15) is 9.50 Å². The summed E-state index contributed by atoms with van der Waals surface area (Å²) in [5.41, 5.74) is 11.8. The van der Waals surface area contributed by atoms with Crippen LogP contribution in [0.15, 0.2) is 60.7 Å². The molecular weight excluding hydrogens is 367 g/mol. The number of nitrogens with zero attached hydrogens (tertiary/aromatic N) is 3. The van der Waals surface area contributed by atoms with Gasteiger partial charge in [-0.15, -0.1) is 0 Å². The van der Waals surface area contributed by atoms with Gasteiger partial charge in [-0.2, -0.15) is 0 Å². The molecule has 1 aliphatic rings. The standard InChI is InChI=1S/C23H18FN4O/c24-16-7-5-15(12-29)18(10-16)13-6-8-20-19(9-13)22(28-23(25)27-20)21-17-4-2-1-3-14(17)11-26-21/h1-10,21,29H,11-12H2,(H2,25,27,28). The highest BCUT2D eigenvalue weighted by atomic mass is 19.1. The molecule has 2 heterocycles. The maximum Gasteiger partial charge on any atom is 0.220 e. The van der Waals surface area contributed by atoms with Gasteiger partial charge in [0.05, 0.1) is 23.9 Å². The number of aliphatic hydroxyl groups excluding tert-OH is 1. The Labute approximate surface area is 167 Å². The second-order valence-corrected chi connectivity index (χ2v) is 7.10. The second-order valence-electron chi connectivity index (χ2n) is 7.10. The number of hydrogen-bond acceptors (Lipinski definition) is 4. The molecule has 5 nitrogen and oxygen atoms in total. The van der Waals surface area contributed by atoms with Crippen LogP contribution in [-0.4, -0.2) is 15.1 Å². The van der Waals surface area contributed by atoms with Crippen molar-refractivity contribution < 1.29 is 9.50 Å². The van der Waals surface area contributed by atoms with Crippen molar-refractivity contribution in [2.45, 2.75) is 19.2 Å². The summed E-state index contributed by atoms with van der Waals surface area (Å²) < 4.78 is 13.9. The van der Waals surface area contributed by atoms with Crippen LogP contribution < -0.4 is 11.1 Å². The van der Waals surface area contributed by atoms with E-state index in [-0.39, 0.29) is 24.4 Å². The van der Waals surface area contributed by atoms with Crippen molar-refractivity contribution in [1.82, 2.24) is 15.3 Å². The molecule has 1 aliphatic heterocycles. The fourth-order valence-electron chi connectivity index (χ4n) is 3.97. The number of nitrogens with two attached hydrogens (primary N) is 1. The molecular formula is C23H18FN4O. The van der Waals surface area contributed by atoms with Crippen LogP contribution in [0.2, 0.25) is 0 Å². The van der Waals surface area contributed by atoms with Crippen molar-refractivity contribution in [3.8, 4) is 11.1 Å². The number of fused-ring (bicyclic) bond motifs is 2. The highest BCUT2D eigenvalue weighted by Gasteiger charge is 2.27. The predicted octanol–water partition coefficient (Wildman–Crippen LogP) is 3.72. The molecule has 1 unspecified atom stereocenters. The Morgan fingerprint density at radius 1 is 1.03 bits per heavy atom. The molecule has 1 atom stereocenters. The number of hydrogen-bond donors (Lipinski definition) is 2. The van der Waals surface area contributed by atoms with E-state index in [4.69, 9.17) is 11.1 Å². The lowest BCUT2D eigenvalue weighted by molar-refractivity contribution is 0.282. The summed E-state index contributed by atoms with van der Waals surface area (Å²) in [5, 5.41) is 15.3. The van der Waals surface area contributed by atoms with Crippen LogP contribution in [0.25, 0.3) is 22.0 Å². The summed E-state index contributed by atoms with van der Waals surface area (Å²) in [6.07, 6.45) is 0. The second kappa shape index (κ2) is 6.92. The molecule has 29 heavy (non-hydrogen) atoms. The lowest BCUT2D eigenvalue weighted by atomic mass is 9.95. The molecule has 5 rings (SSSR count). The molecule has 0 aliphatic carbocycles. The highest BCUT2D eigenvalue weighted by Crippen LogP contribution is 2.36. The van der Waals surface area contributed by atoms with Crippen molar-refractivity contribution >= 4 is 16.9 Å². The molecule has 0 saturated carbocycles. The topological polar surface area (TPSA) is 86.1 Å². The first kappa shape index (κ1) is 17.7. The Morgan fingerprint density at radius 2 is 1.90 bits per heavy atom. The van der Waals surface area contributed by atoms with E-state index in [2.05, 4.69) is 22.1 Å². The molecule has 0 bridgehead atoms. The van der Waals surface area contributed by atoms with E-state index in [0.717, 1.165) is 22.2 Å². The van der Waals surface area contributed by atoms with Gasteiger partial charge in [0, 0.05) is 11.9 Å². The maximum atomic E-state index is 13.9. The van der Waals surface area contributed by atoms with E-state index in [0.29, 0.717) is 23.2 Å². The molecule has 0 saturated heterocycles. The number of halogens is 1. The van der Waals surface area contributed by atoms with Crippen LogP contribution in [0, 0.1) is 5.82 Å². The van der Waals surface area contributed by atoms with Crippen LogP contribution >= 0.6 is 0 Å². The molecule has 1 aromatic heterocycles. The van der Waals surface area contributed by atoms with Crippen LogP contribution in [0.1, 0.15) is 28.4 Å². The number of aromatic nitrogens is 2. The minimum Gasteiger partial charge on any atom is -0.392 e. The Balaban J connectivity index is 1.72. The highest BCUT2D eigenvalue weighted by molar-refractivity contribution is 5.88. The zero-order valence-corrected chi connectivity index (χ0v) is 15.5. The van der Waals surface area contributed by atoms with E-state index in [1.165, 1.54) is 17.7 Å². The van der Waals surface area contributed by atoms with Gasteiger partial charge in [0.2, 0.25) is 5.95 Å². The molecule has 1 radical (unpaired) electrons. The van der Waals surface area contributed by atoms with Crippen molar-refractivity contribution in [3.05, 3.63) is 88.9 Å². The van der Waals surface area contributed by atoms with E-state index >= 15 is 0 Å². The van der Waals surface area contributed by atoms with Crippen molar-refractivity contribution in [2.24, 2.45) is 0 Å². The zero-order chi connectivity index (χ0) is 20.0. The molecule has 3 N–H and O–H groups in total. The zero-order valence-electron chi connectivity index (χ0n) is 15.5. The van der Waals surface area contributed by atoms with Gasteiger partial charge in [-0.25, -0.2) is 19.7 Å². The number of anilines is 1. The first-order chi connectivity index (χ1) is 14.1. The Morgan fingerprint density at radius 3 is 2.76 bits per heavy atom. The minimum atomic E-state index is -0.356. The van der Waals surface area contributed by atoms with Crippen molar-refractivity contribution in [3.63, 3.8) is 0 Å². The summed E-state index contributed by atoms with van der Waals surface area (Å²) in [7, 11) is 0. The normalized spacial score (nSPS) is 15.6. The Kier molecular flexibility index (Phi) is 4.23. The summed E-state index contributed by atoms with van der Waals surface area (Å²) in [5.74, 6) is -0.160. The maximum absolute atomic E-state index is 13.9. The molecule has 3 aromatic carbocycles. The third-order valence-corrected chi connectivity index (χ3v) is 5.35. The largest absolute Gasteiger partial charge is 0.392 e. The van der Waals surface area contributed by atoms with E-state index < -0.39 is 0 Å². The summed E-state index contributed by atoms with van der Waals surface area (Å²) in [6, 6.07) is 17.9. The summed E-state index contributed by atoms with van der Waals surface area (Å²) in [4.78, 5) is 8.89. The third kappa shape index (κ3) is 3.03. The van der Waals surface area contributed by atoms with Crippen molar-refractivity contribution in [1.29, 1.82) is 0 Å². The molecule has 0 fully saturated rings. The van der Waals surface area contributed by atoms with Gasteiger partial charge in [0.25, 0.3) is 0 Å². The number of aliphatic hydroxyl groups is 1. The van der Waals surface area contributed by atoms with Crippen LogP contribution in [0.5, 0.6) is 0 Å². The first-order valence-electron chi connectivity index (χ1n) is 9.35. The number of nitrogen functional groups attached to an aromatic ring is 1. The van der Waals surface area contributed by atoms with Gasteiger partial charge >= 0.3 is 0 Å². The van der Waals surface area contributed by atoms with Gasteiger partial charge in [0.15, 0.2) is 0 Å². The molecule has 0 amide bonds. The summed E-state index contributed by atoms with van der Waals surface area (Å²) >= 11 is 0. The Bertz CT molecular complexity index is 1240. The molecule has 6 heteroatoms. The fourth-order valence-corrected chi connectivity index (χ4v) is 3.97. The smallest absolute Gasteiger partial charge is 0.220 e. The first-order valence-corrected chi connectivity index (χ1v) is 9.35. The number of benzene rings is 3. The lowest BCUT2D eigenvalue weighted by Gasteiger charge is -2.15. The molecule has 4 aromatic rings. The quantitative estimate of drug-likeness (QED) is 0.563. The fraction of sp³-hybridized carbons (Fsp3) is 0.130. The van der Waals surface area contributed by atoms with Crippen LogP contribution in [0.4, 0.5) is 10.3 Å². The van der Waals surface area contributed by atoms with Crippen molar-refractivity contribution in [2.75, 3.05) is 5.73 Å². The lowest BCUT2D eigenvalue weighted by Crippen LogP contribution is -2.11. The third-order valence-electron chi connectivity index (χ3n) is 5.35. The van der Waals surface area contributed by atoms with Gasteiger partial charge in [-0.3, -0.25) is 0 Å². The monoisotopic (exact) mass is 385 g/mol. The van der Waals surface area contributed by atoms with E-state index in [1.807, 2.05) is 30.3 Å². The Hall–Kier alpha value is -3.35. The van der Waals surface area contributed by atoms with E-state index in [1.54, 1.807) is 6.07 Å². The molecule has 143 valence electrons.